The molecule has 6 nitrogen and oxygen atoms in total. The average molecular weight is 542 g/mol. The summed E-state index contributed by atoms with van der Waals surface area (Å²) < 4.78 is 0. The van der Waals surface area contributed by atoms with Gasteiger partial charge in [-0.05, 0) is 47.7 Å². The minimum Gasteiger partial charge on any atom is -0.481 e. The zero-order chi connectivity index (χ0) is 27.1. The summed E-state index contributed by atoms with van der Waals surface area (Å²) >= 11 is 12.4. The smallest absolute Gasteiger partial charge is 0.307 e. The first-order chi connectivity index (χ1) is 17.6. The molecule has 0 aliphatic heterocycles. The number of hydrogen-bond donors (Lipinski definition) is 2. The number of hydrogen-bond acceptors (Lipinski definition) is 3. The van der Waals surface area contributed by atoms with Crippen molar-refractivity contribution in [2.24, 2.45) is 5.92 Å². The molecule has 0 aliphatic carbocycles. The molecule has 0 aromatic heterocycles. The van der Waals surface area contributed by atoms with Crippen molar-refractivity contribution in [2.45, 2.75) is 38.1 Å². The minimum atomic E-state index is -1.30. The third-order valence-corrected chi connectivity index (χ3v) is 7.40. The molecule has 0 heterocycles. The van der Waals surface area contributed by atoms with Crippen LogP contribution >= 0.6 is 23.2 Å². The highest BCUT2D eigenvalue weighted by Gasteiger charge is 2.30. The maximum Gasteiger partial charge on any atom is 0.307 e. The van der Waals surface area contributed by atoms with Gasteiger partial charge in [-0.2, -0.15) is 0 Å². The van der Waals surface area contributed by atoms with E-state index in [0.717, 1.165) is 22.3 Å². The lowest BCUT2D eigenvalue weighted by atomic mass is 9.85. The summed E-state index contributed by atoms with van der Waals surface area (Å²) in [6.07, 6.45) is -0.455. The quantitative estimate of drug-likeness (QED) is 0.293. The maximum absolute atomic E-state index is 13.0. The molecule has 0 saturated heterocycles. The molecule has 0 saturated carbocycles. The first kappa shape index (κ1) is 28.2. The van der Waals surface area contributed by atoms with E-state index in [-0.39, 0.29) is 12.0 Å². The molecule has 1 amide bonds. The summed E-state index contributed by atoms with van der Waals surface area (Å²) in [6.45, 7) is 1.90. The van der Waals surface area contributed by atoms with Gasteiger partial charge in [-0.3, -0.25) is 14.4 Å². The molecule has 3 aromatic rings. The van der Waals surface area contributed by atoms with Gasteiger partial charge in [-0.15, -0.1) is 0 Å². The number of carbonyl (C=O) groups excluding carboxylic acids is 1. The predicted octanol–water partition coefficient (Wildman–Crippen LogP) is 6.40. The Balaban J connectivity index is 1.89. The van der Waals surface area contributed by atoms with Crippen molar-refractivity contribution in [1.29, 1.82) is 0 Å². The van der Waals surface area contributed by atoms with Crippen LogP contribution in [0, 0.1) is 5.92 Å². The van der Waals surface area contributed by atoms with Crippen molar-refractivity contribution < 1.29 is 24.6 Å². The third kappa shape index (κ3) is 7.57. The van der Waals surface area contributed by atoms with Gasteiger partial charge in [0.1, 0.15) is 0 Å². The van der Waals surface area contributed by atoms with Gasteiger partial charge >= 0.3 is 11.9 Å². The SMILES string of the molecule is C[C@@H]([C@@H](Cc1ccc(Cl)c(Cl)c1)c1ccc(-c2ccccc2)cc1)N(C)C(=O)C[C@@H](CC(=O)O)C(=O)O. The van der Waals surface area contributed by atoms with E-state index in [0.29, 0.717) is 16.5 Å². The van der Waals surface area contributed by atoms with Crippen molar-refractivity contribution in [3.8, 4) is 11.1 Å². The van der Waals surface area contributed by atoms with E-state index in [1.54, 1.807) is 19.2 Å². The molecule has 3 rings (SSSR count). The number of nitrogens with zero attached hydrogens (tertiary/aromatic N) is 1. The van der Waals surface area contributed by atoms with E-state index >= 15 is 0 Å². The molecule has 0 radical (unpaired) electrons. The van der Waals surface area contributed by atoms with Crippen LogP contribution in [-0.2, 0) is 20.8 Å². The van der Waals surface area contributed by atoms with Crippen molar-refractivity contribution >= 4 is 41.0 Å². The Bertz CT molecular complexity index is 1250. The largest absolute Gasteiger partial charge is 0.481 e. The molecular weight excluding hydrogens is 513 g/mol. The second-order valence-corrected chi connectivity index (χ2v) is 9.94. The normalized spacial score (nSPS) is 13.4. The van der Waals surface area contributed by atoms with Crippen molar-refractivity contribution in [3.05, 3.63) is 94.0 Å². The number of likely N-dealkylation sites (N-methyl/N-ethyl adjacent to an activating group) is 1. The molecule has 37 heavy (non-hydrogen) atoms. The second-order valence-electron chi connectivity index (χ2n) is 9.13. The van der Waals surface area contributed by atoms with Crippen LogP contribution in [0.3, 0.4) is 0 Å². The lowest BCUT2D eigenvalue weighted by Crippen LogP contribution is -2.41. The zero-order valence-corrected chi connectivity index (χ0v) is 22.1. The topological polar surface area (TPSA) is 94.9 Å². The maximum atomic E-state index is 13.0. The number of carbonyl (C=O) groups is 3. The molecule has 0 bridgehead atoms. The molecule has 8 heteroatoms. The molecule has 0 fully saturated rings. The first-order valence-electron chi connectivity index (χ1n) is 11.9. The second kappa shape index (κ2) is 12.7. The summed E-state index contributed by atoms with van der Waals surface area (Å²) in [5, 5.41) is 19.3. The zero-order valence-electron chi connectivity index (χ0n) is 20.6. The number of aliphatic carboxylic acids is 2. The third-order valence-electron chi connectivity index (χ3n) is 6.66. The number of benzene rings is 3. The molecule has 2 N–H and O–H groups in total. The van der Waals surface area contributed by atoms with Gasteiger partial charge in [0.05, 0.1) is 22.4 Å². The highest BCUT2D eigenvalue weighted by Crippen LogP contribution is 2.32. The Hall–Kier alpha value is -3.35. The fourth-order valence-electron chi connectivity index (χ4n) is 4.35. The lowest BCUT2D eigenvalue weighted by Gasteiger charge is -2.33. The highest BCUT2D eigenvalue weighted by atomic mass is 35.5. The minimum absolute atomic E-state index is 0.154. The van der Waals surface area contributed by atoms with E-state index < -0.39 is 36.6 Å². The van der Waals surface area contributed by atoms with Gasteiger partial charge in [-0.1, -0.05) is 83.9 Å². The molecule has 0 unspecified atom stereocenters. The summed E-state index contributed by atoms with van der Waals surface area (Å²) in [5.41, 5.74) is 4.09. The Morgan fingerprint density at radius 1 is 0.838 bits per heavy atom. The summed E-state index contributed by atoms with van der Waals surface area (Å²) in [4.78, 5) is 37.1. The summed E-state index contributed by atoms with van der Waals surface area (Å²) in [7, 11) is 1.62. The fraction of sp³-hybridized carbons (Fsp3) is 0.276. The molecule has 3 aromatic carbocycles. The van der Waals surface area contributed by atoms with E-state index in [4.69, 9.17) is 28.3 Å². The standard InChI is InChI=1S/C29H29Cl2NO5/c1-18(32(2)27(33)16-23(29(36)37)17-28(34)35)24(14-19-8-13-25(30)26(31)15-19)22-11-9-21(10-12-22)20-6-4-3-5-7-20/h3-13,15,18,23-24H,14,16-17H2,1-2H3,(H,34,35)(H,36,37)/t18-,23-,24+/m0/s1. The number of carboxylic acid groups (broad SMARTS) is 2. The number of halogens is 2. The van der Waals surface area contributed by atoms with Crippen LogP contribution in [-0.4, -0.2) is 46.0 Å². The van der Waals surface area contributed by atoms with Gasteiger partial charge in [-0.25, -0.2) is 0 Å². The van der Waals surface area contributed by atoms with Gasteiger partial charge in [0.25, 0.3) is 0 Å². The Kier molecular flexibility index (Phi) is 9.73. The average Bonchev–Trinajstić information content (AvgIpc) is 2.88. The fourth-order valence-corrected chi connectivity index (χ4v) is 4.67. The molecule has 3 atom stereocenters. The van der Waals surface area contributed by atoms with Crippen LogP contribution in [0.15, 0.2) is 72.8 Å². The summed E-state index contributed by atoms with van der Waals surface area (Å²) in [6, 6.07) is 23.2. The van der Waals surface area contributed by atoms with Crippen molar-refractivity contribution in [1.82, 2.24) is 4.90 Å². The number of amides is 1. The highest BCUT2D eigenvalue weighted by molar-refractivity contribution is 6.42. The van der Waals surface area contributed by atoms with E-state index in [1.165, 1.54) is 4.90 Å². The number of rotatable bonds is 11. The van der Waals surface area contributed by atoms with Crippen molar-refractivity contribution in [2.75, 3.05) is 7.05 Å². The van der Waals surface area contributed by atoms with Crippen LogP contribution in [0.2, 0.25) is 10.0 Å². The lowest BCUT2D eigenvalue weighted by molar-refractivity contribution is -0.151. The van der Waals surface area contributed by atoms with Gasteiger partial charge in [0.2, 0.25) is 5.91 Å². The Labute approximate surface area is 226 Å². The van der Waals surface area contributed by atoms with Crippen LogP contribution in [0.25, 0.3) is 11.1 Å². The van der Waals surface area contributed by atoms with E-state index in [2.05, 4.69) is 0 Å². The first-order valence-corrected chi connectivity index (χ1v) is 12.6. The molecule has 194 valence electrons. The van der Waals surface area contributed by atoms with E-state index in [9.17, 15) is 19.5 Å². The number of carboxylic acids is 2. The van der Waals surface area contributed by atoms with Crippen molar-refractivity contribution in [3.63, 3.8) is 0 Å². The summed E-state index contributed by atoms with van der Waals surface area (Å²) in [5.74, 6) is -4.44. The molecule has 0 spiro atoms. The van der Waals surface area contributed by atoms with Gasteiger partial charge in [0, 0.05) is 25.4 Å². The van der Waals surface area contributed by atoms with Crippen LogP contribution < -0.4 is 0 Å². The van der Waals surface area contributed by atoms with E-state index in [1.807, 2.05) is 67.6 Å². The molecular formula is C29H29Cl2NO5. The molecule has 0 aliphatic rings. The predicted molar refractivity (Wildman–Crippen MR) is 145 cm³/mol. The van der Waals surface area contributed by atoms with Crippen LogP contribution in [0.1, 0.15) is 36.8 Å². The van der Waals surface area contributed by atoms with Crippen LogP contribution in [0.4, 0.5) is 0 Å². The Morgan fingerprint density at radius 2 is 1.46 bits per heavy atom. The monoisotopic (exact) mass is 541 g/mol. The van der Waals surface area contributed by atoms with Gasteiger partial charge in [0.15, 0.2) is 0 Å². The Morgan fingerprint density at radius 3 is 2.03 bits per heavy atom. The van der Waals surface area contributed by atoms with Gasteiger partial charge < -0.3 is 15.1 Å². The van der Waals surface area contributed by atoms with Crippen LogP contribution in [0.5, 0.6) is 0 Å².